The van der Waals surface area contributed by atoms with Gasteiger partial charge in [0.05, 0.1) is 18.8 Å². The largest absolute Gasteiger partial charge is 0.530 e. The predicted molar refractivity (Wildman–Crippen MR) is 156 cm³/mol. The summed E-state index contributed by atoms with van der Waals surface area (Å²) in [7, 11) is -4.05. The van der Waals surface area contributed by atoms with E-state index in [1.54, 1.807) is 6.07 Å². The van der Waals surface area contributed by atoms with Crippen LogP contribution >= 0.6 is 23.8 Å². The number of phosphoric acid groups is 1. The number of phosphoric ester groups is 1. The summed E-state index contributed by atoms with van der Waals surface area (Å²) in [6.07, 6.45) is 0.197. The molecular formula is C28H29BrN3O9P. The molecule has 222 valence electrons. The van der Waals surface area contributed by atoms with Crippen molar-refractivity contribution >= 4 is 35.8 Å². The Bertz CT molecular complexity index is 1640. The third-order valence-corrected chi connectivity index (χ3v) is 8.45. The van der Waals surface area contributed by atoms with Gasteiger partial charge in [-0.1, -0.05) is 64.5 Å². The number of aromatic nitrogens is 2. The first-order valence-electron chi connectivity index (χ1n) is 13.1. The van der Waals surface area contributed by atoms with E-state index in [0.29, 0.717) is 5.75 Å². The fourth-order valence-electron chi connectivity index (χ4n) is 4.71. The Kier molecular flexibility index (Phi) is 9.26. The number of hydrogen-bond donors (Lipinski definition) is 2. The average molecular weight is 662 g/mol. The number of H-pyrrole nitrogens is 1. The van der Waals surface area contributed by atoms with Crippen LogP contribution < -0.4 is 21.5 Å². The highest BCUT2D eigenvalue weighted by molar-refractivity contribution is 9.11. The third kappa shape index (κ3) is 6.83. The average Bonchev–Trinajstić information content (AvgIpc) is 3.36. The molecule has 5 rings (SSSR count). The van der Waals surface area contributed by atoms with Gasteiger partial charge in [-0.2, -0.15) is 0 Å². The predicted octanol–water partition coefficient (Wildman–Crippen LogP) is 3.71. The molecule has 0 saturated carbocycles. The number of nitrogens with two attached hydrogens (primary N) is 1. The fraction of sp³-hybridized carbons (Fsp3) is 0.321. The molecule has 3 aromatic rings. The van der Waals surface area contributed by atoms with Crippen LogP contribution in [0, 0.1) is 6.92 Å². The summed E-state index contributed by atoms with van der Waals surface area (Å²) in [5, 5.41) is 0. The van der Waals surface area contributed by atoms with E-state index < -0.39 is 49.5 Å². The molecule has 42 heavy (non-hydrogen) atoms. The lowest BCUT2D eigenvalue weighted by Crippen LogP contribution is -2.39. The van der Waals surface area contributed by atoms with Gasteiger partial charge in [0.1, 0.15) is 30.2 Å². The summed E-state index contributed by atoms with van der Waals surface area (Å²) in [6, 6.07) is 13.7. The van der Waals surface area contributed by atoms with Crippen molar-refractivity contribution in [2.75, 3.05) is 6.61 Å². The number of aryl methyl sites for hydroxylation is 1. The second-order valence-corrected chi connectivity index (χ2v) is 12.0. The van der Waals surface area contributed by atoms with Crippen molar-refractivity contribution in [3.63, 3.8) is 0 Å². The maximum Gasteiger partial charge on any atom is 0.530 e. The molecule has 1 fully saturated rings. The number of hydrogen-bond acceptors (Lipinski definition) is 10. The Hall–Kier alpha value is -3.32. The van der Waals surface area contributed by atoms with Crippen molar-refractivity contribution < 1.29 is 32.4 Å². The smallest absolute Gasteiger partial charge is 0.458 e. The second-order valence-electron chi connectivity index (χ2n) is 9.85. The van der Waals surface area contributed by atoms with Gasteiger partial charge in [-0.05, 0) is 35.5 Å². The van der Waals surface area contributed by atoms with Crippen molar-refractivity contribution in [1.82, 2.24) is 9.55 Å². The molecule has 2 aliphatic heterocycles. The van der Waals surface area contributed by atoms with E-state index in [9.17, 15) is 18.9 Å². The van der Waals surface area contributed by atoms with Crippen LogP contribution in [-0.2, 0) is 40.9 Å². The number of ether oxygens (including phenoxy) is 2. The number of carbonyl (C=O) groups is 1. The van der Waals surface area contributed by atoms with Gasteiger partial charge in [0.15, 0.2) is 0 Å². The first kappa shape index (κ1) is 30.1. The number of para-hydroxylation sites is 1. The lowest BCUT2D eigenvalue weighted by Gasteiger charge is -2.27. The Labute approximate surface area is 249 Å². The van der Waals surface area contributed by atoms with E-state index in [4.69, 9.17) is 28.8 Å². The summed E-state index contributed by atoms with van der Waals surface area (Å²) in [4.78, 5) is 41.6. The van der Waals surface area contributed by atoms with E-state index in [2.05, 4.69) is 20.9 Å². The van der Waals surface area contributed by atoms with Gasteiger partial charge in [0, 0.05) is 18.2 Å². The van der Waals surface area contributed by atoms with Crippen LogP contribution in [0.2, 0.25) is 0 Å². The van der Waals surface area contributed by atoms with Crippen LogP contribution in [-0.4, -0.2) is 40.4 Å². The quantitative estimate of drug-likeness (QED) is 0.255. The van der Waals surface area contributed by atoms with E-state index >= 15 is 0 Å². The van der Waals surface area contributed by atoms with Gasteiger partial charge >= 0.3 is 19.5 Å². The van der Waals surface area contributed by atoms with E-state index in [1.165, 1.54) is 21.8 Å². The maximum atomic E-state index is 13.3. The molecule has 2 aromatic carbocycles. The first-order valence-corrected chi connectivity index (χ1v) is 15.5. The maximum absolute atomic E-state index is 13.3. The number of rotatable bonds is 9. The Morgan fingerprint density at radius 2 is 2.02 bits per heavy atom. The zero-order chi connectivity index (χ0) is 29.9. The topological polar surface area (TPSA) is 161 Å². The minimum Gasteiger partial charge on any atom is -0.458 e. The van der Waals surface area contributed by atoms with E-state index in [0.717, 1.165) is 16.7 Å². The van der Waals surface area contributed by atoms with Gasteiger partial charge in [0.25, 0.3) is 5.56 Å². The van der Waals surface area contributed by atoms with Gasteiger partial charge in [-0.15, -0.1) is 0 Å². The summed E-state index contributed by atoms with van der Waals surface area (Å²) in [5.41, 5.74) is 7.38. The van der Waals surface area contributed by atoms with Gasteiger partial charge < -0.3 is 19.7 Å². The number of esters is 1. The van der Waals surface area contributed by atoms with Gasteiger partial charge in [-0.3, -0.25) is 28.2 Å². The van der Waals surface area contributed by atoms with Gasteiger partial charge in [0.2, 0.25) is 0 Å². The molecule has 0 aliphatic carbocycles. The number of carbonyl (C=O) groups excluding carboxylic acids is 1. The molecule has 12 nitrogen and oxygen atoms in total. The zero-order valence-corrected chi connectivity index (χ0v) is 25.0. The first-order chi connectivity index (χ1) is 20.2. The molecule has 3 N–H and O–H groups in total. The molecule has 2 aliphatic rings. The highest BCUT2D eigenvalue weighted by atomic mass is 79.9. The van der Waals surface area contributed by atoms with Crippen LogP contribution in [0.25, 0.3) is 6.08 Å². The monoisotopic (exact) mass is 661 g/mol. The summed E-state index contributed by atoms with van der Waals surface area (Å²) in [6.45, 7) is 1.48. The van der Waals surface area contributed by atoms with Crippen LogP contribution in [0.1, 0.15) is 34.9 Å². The summed E-state index contributed by atoms with van der Waals surface area (Å²) < 4.78 is 43.1. The number of nitrogens with zero attached hydrogens (tertiary/aromatic N) is 1. The number of fused-ring (bicyclic) bond motifs is 1. The molecule has 0 spiro atoms. The fourth-order valence-corrected chi connectivity index (χ4v) is 6.28. The van der Waals surface area contributed by atoms with Crippen LogP contribution in [0.3, 0.4) is 0 Å². The molecule has 0 bridgehead atoms. The molecule has 0 radical (unpaired) electrons. The Morgan fingerprint density at radius 1 is 1.24 bits per heavy atom. The number of halogens is 1. The van der Waals surface area contributed by atoms with E-state index in [-0.39, 0.29) is 31.6 Å². The standard InChI is InChI=1S/C28H29BrN3O9P/c1-17-6-5-9-20-15-37-42(36,41-25(17)20)38-16-23-22(40-27(34)21(30)12-18-7-3-2-4-8-18)13-24(39-23)32-14-19(10-11-29)26(33)31-28(32)35/h2-11,14,21-24H,12-13,15-16,30H2,1H3,(H,31,33,35)/b11-10+/t21-,22-,23+,24+,42?/m0/s1. The lowest BCUT2D eigenvalue weighted by atomic mass is 10.1. The molecule has 1 aromatic heterocycles. The van der Waals surface area contributed by atoms with Crippen LogP contribution in [0.4, 0.5) is 0 Å². The normalized spacial score (nSPS) is 24.2. The highest BCUT2D eigenvalue weighted by Crippen LogP contribution is 2.55. The van der Waals surface area contributed by atoms with Crippen molar-refractivity contribution in [1.29, 1.82) is 0 Å². The van der Waals surface area contributed by atoms with Crippen molar-refractivity contribution in [3.8, 4) is 5.75 Å². The summed E-state index contributed by atoms with van der Waals surface area (Å²) in [5.74, 6) is -0.268. The third-order valence-electron chi connectivity index (χ3n) is 6.87. The zero-order valence-electron chi connectivity index (χ0n) is 22.5. The van der Waals surface area contributed by atoms with Crippen molar-refractivity contribution in [2.24, 2.45) is 5.73 Å². The van der Waals surface area contributed by atoms with E-state index in [1.807, 2.05) is 49.4 Å². The SMILES string of the molecule is Cc1cccc2c1OP(=O)(OC[C@H]1O[C@@H](n3cc(/C=C/Br)c(=O)[nH]c3=O)C[C@@H]1OC(=O)[C@@H](N)Cc1ccccc1)OC2. The Balaban J connectivity index is 1.35. The van der Waals surface area contributed by atoms with Gasteiger partial charge in [-0.25, -0.2) is 9.36 Å². The van der Waals surface area contributed by atoms with Crippen LogP contribution in [0.15, 0.2) is 69.3 Å². The molecule has 3 heterocycles. The molecule has 5 atom stereocenters. The molecule has 14 heteroatoms. The van der Waals surface area contributed by atoms with Crippen molar-refractivity contribution in [3.05, 3.63) is 103 Å². The molecule has 0 amide bonds. The number of aromatic amines is 1. The minimum atomic E-state index is -4.05. The van der Waals surface area contributed by atoms with Crippen LogP contribution in [0.5, 0.6) is 5.75 Å². The summed E-state index contributed by atoms with van der Waals surface area (Å²) >= 11 is 3.12. The Morgan fingerprint density at radius 3 is 2.79 bits per heavy atom. The molecular weight excluding hydrogens is 633 g/mol. The number of nitrogens with one attached hydrogen (secondary N) is 1. The highest BCUT2D eigenvalue weighted by Gasteiger charge is 2.43. The second kappa shape index (κ2) is 12.9. The lowest BCUT2D eigenvalue weighted by molar-refractivity contribution is -0.154. The minimum absolute atomic E-state index is 0.0197. The molecule has 1 unspecified atom stereocenters. The molecule has 1 saturated heterocycles. The van der Waals surface area contributed by atoms with Crippen molar-refractivity contribution in [2.45, 2.75) is 50.8 Å². The number of benzene rings is 2.